The molecule has 0 spiro atoms. The highest BCUT2D eigenvalue weighted by molar-refractivity contribution is 6.32. The minimum absolute atomic E-state index is 0.0331. The van der Waals surface area contributed by atoms with E-state index in [1.165, 1.54) is 0 Å². The second-order valence-corrected chi connectivity index (χ2v) is 5.67. The Morgan fingerprint density at radius 2 is 2.05 bits per heavy atom. The van der Waals surface area contributed by atoms with Crippen LogP contribution in [0, 0.1) is 13.0 Å². The third-order valence-corrected chi connectivity index (χ3v) is 3.88. The predicted octanol–water partition coefficient (Wildman–Crippen LogP) is 4.59. The Morgan fingerprint density at radius 3 is 2.77 bits per heavy atom. The Hall–Kier alpha value is -2.26. The number of rotatable bonds is 4. The third kappa shape index (κ3) is 2.72. The second kappa shape index (κ2) is 5.85. The molecule has 0 amide bonds. The summed E-state index contributed by atoms with van der Waals surface area (Å²) in [7, 11) is 0. The fraction of sp³-hybridized carbons (Fsp3) is 0.167. The topological polar surface area (TPSA) is 56.2 Å². The van der Waals surface area contributed by atoms with Crippen LogP contribution < -0.4 is 5.73 Å². The number of carbonyl (C=O) groups excluding carboxylic acids is 1. The number of anilines is 1. The number of hydrogen-bond acceptors (Lipinski definition) is 3. The van der Waals surface area contributed by atoms with Crippen LogP contribution >= 0.6 is 11.6 Å². The zero-order chi connectivity index (χ0) is 15.7. The standard InChI is InChI=1S/C18H15ClNO2/c1-11-17(14-9-13(19)10-15(20)18(14)22-11)16(21)8-7-12-5-3-2-4-6-12/h3-6,9-10H,7-8,20H2,1H3. The van der Waals surface area contributed by atoms with Gasteiger partial charge in [-0.25, -0.2) is 0 Å². The molecule has 0 atom stereocenters. The second-order valence-electron chi connectivity index (χ2n) is 5.24. The van der Waals surface area contributed by atoms with E-state index in [0.717, 1.165) is 5.56 Å². The Morgan fingerprint density at radius 1 is 1.32 bits per heavy atom. The molecule has 111 valence electrons. The van der Waals surface area contributed by atoms with E-state index in [4.69, 9.17) is 21.8 Å². The monoisotopic (exact) mass is 312 g/mol. The van der Waals surface area contributed by atoms with Gasteiger partial charge in [-0.2, -0.15) is 0 Å². The van der Waals surface area contributed by atoms with Gasteiger partial charge in [0.25, 0.3) is 0 Å². The number of fused-ring (bicyclic) bond motifs is 1. The minimum atomic E-state index is 0.0331. The zero-order valence-electron chi connectivity index (χ0n) is 12.2. The lowest BCUT2D eigenvalue weighted by molar-refractivity contribution is 0.0983. The van der Waals surface area contributed by atoms with Crippen LogP contribution in [-0.2, 0) is 6.42 Å². The molecule has 22 heavy (non-hydrogen) atoms. The summed E-state index contributed by atoms with van der Waals surface area (Å²) in [4.78, 5) is 12.6. The van der Waals surface area contributed by atoms with Crippen LogP contribution in [-0.4, -0.2) is 5.78 Å². The van der Waals surface area contributed by atoms with Crippen molar-refractivity contribution in [3.05, 3.63) is 64.4 Å². The maximum absolute atomic E-state index is 12.6. The quantitative estimate of drug-likeness (QED) is 0.566. The number of ketones is 1. The fourth-order valence-corrected chi connectivity index (χ4v) is 2.85. The molecule has 2 aromatic carbocycles. The van der Waals surface area contributed by atoms with Crippen molar-refractivity contribution in [1.29, 1.82) is 0 Å². The first kappa shape index (κ1) is 14.7. The Labute approximate surface area is 133 Å². The molecule has 0 aliphatic heterocycles. The molecule has 3 nitrogen and oxygen atoms in total. The summed E-state index contributed by atoms with van der Waals surface area (Å²) in [5, 5.41) is 1.19. The first-order chi connectivity index (χ1) is 10.6. The van der Waals surface area contributed by atoms with Crippen molar-refractivity contribution in [2.75, 3.05) is 5.73 Å². The lowest BCUT2D eigenvalue weighted by atomic mass is 10.0. The summed E-state index contributed by atoms with van der Waals surface area (Å²) in [6.07, 6.45) is 1.08. The summed E-state index contributed by atoms with van der Waals surface area (Å²) in [5.74, 6) is 0.612. The first-order valence-corrected chi connectivity index (χ1v) is 7.40. The van der Waals surface area contributed by atoms with Gasteiger partial charge >= 0.3 is 0 Å². The van der Waals surface area contributed by atoms with E-state index in [2.05, 4.69) is 6.07 Å². The molecular formula is C18H15ClNO2. The van der Waals surface area contributed by atoms with Crippen LogP contribution in [0.4, 0.5) is 5.69 Å². The van der Waals surface area contributed by atoms with Crippen LogP contribution in [0.1, 0.15) is 28.1 Å². The number of halogens is 1. The van der Waals surface area contributed by atoms with Gasteiger partial charge in [0.2, 0.25) is 0 Å². The number of Topliss-reactive ketones (excluding diaryl/α,β-unsaturated/α-hetero) is 1. The summed E-state index contributed by atoms with van der Waals surface area (Å²) < 4.78 is 5.65. The average Bonchev–Trinajstić information content (AvgIpc) is 2.82. The summed E-state index contributed by atoms with van der Waals surface area (Å²) in [6.45, 7) is 1.78. The number of hydrogen-bond donors (Lipinski definition) is 1. The summed E-state index contributed by atoms with van der Waals surface area (Å²) >= 11 is 6.05. The molecule has 3 rings (SSSR count). The predicted molar refractivity (Wildman–Crippen MR) is 88.3 cm³/mol. The van der Waals surface area contributed by atoms with E-state index in [1.54, 1.807) is 19.1 Å². The van der Waals surface area contributed by atoms with Crippen molar-refractivity contribution in [3.63, 3.8) is 0 Å². The van der Waals surface area contributed by atoms with Crippen molar-refractivity contribution in [3.8, 4) is 0 Å². The molecule has 0 bridgehead atoms. The smallest absolute Gasteiger partial charge is 0.167 e. The van der Waals surface area contributed by atoms with E-state index >= 15 is 0 Å². The van der Waals surface area contributed by atoms with Gasteiger partial charge in [0.1, 0.15) is 5.76 Å². The molecule has 0 unspecified atom stereocenters. The van der Waals surface area contributed by atoms with Crippen LogP contribution in [0.25, 0.3) is 11.0 Å². The van der Waals surface area contributed by atoms with Crippen LogP contribution in [0.3, 0.4) is 0 Å². The molecule has 0 fully saturated rings. The Kier molecular flexibility index (Phi) is 3.90. The van der Waals surface area contributed by atoms with E-state index in [0.29, 0.717) is 45.8 Å². The molecule has 1 aromatic heterocycles. The lowest BCUT2D eigenvalue weighted by Crippen LogP contribution is -2.02. The summed E-state index contributed by atoms with van der Waals surface area (Å²) in [5.41, 5.74) is 8.57. The molecule has 2 N–H and O–H groups in total. The number of benzene rings is 2. The SMILES string of the molecule is Cc1oc2c(N)cc(Cl)cc2c1C(=O)CCc1cc[c]cc1. The van der Waals surface area contributed by atoms with Crippen LogP contribution in [0.2, 0.25) is 5.02 Å². The van der Waals surface area contributed by atoms with Gasteiger partial charge < -0.3 is 10.2 Å². The molecule has 3 aromatic rings. The third-order valence-electron chi connectivity index (χ3n) is 3.67. The highest BCUT2D eigenvalue weighted by Crippen LogP contribution is 2.33. The molecular weight excluding hydrogens is 298 g/mol. The van der Waals surface area contributed by atoms with Gasteiger partial charge in [-0.3, -0.25) is 4.79 Å². The number of carbonyl (C=O) groups is 1. The zero-order valence-corrected chi connectivity index (χ0v) is 12.9. The van der Waals surface area contributed by atoms with E-state index in [1.807, 2.05) is 24.3 Å². The number of nitrogens with two attached hydrogens (primary N) is 1. The molecule has 1 radical (unpaired) electrons. The van der Waals surface area contributed by atoms with Crippen molar-refractivity contribution in [2.24, 2.45) is 0 Å². The minimum Gasteiger partial charge on any atom is -0.458 e. The molecule has 0 aliphatic rings. The van der Waals surface area contributed by atoms with Crippen LogP contribution in [0.15, 0.2) is 40.8 Å². The number of aryl methyl sites for hydroxylation is 2. The maximum Gasteiger partial charge on any atom is 0.167 e. The average molecular weight is 313 g/mol. The van der Waals surface area contributed by atoms with E-state index in [9.17, 15) is 4.79 Å². The molecule has 0 saturated heterocycles. The van der Waals surface area contributed by atoms with E-state index in [-0.39, 0.29) is 5.78 Å². The Balaban J connectivity index is 1.92. The van der Waals surface area contributed by atoms with Gasteiger partial charge in [0.05, 0.1) is 11.3 Å². The normalized spacial score (nSPS) is 11.0. The largest absolute Gasteiger partial charge is 0.458 e. The van der Waals surface area contributed by atoms with Crippen molar-refractivity contribution in [2.45, 2.75) is 19.8 Å². The maximum atomic E-state index is 12.6. The molecule has 0 saturated carbocycles. The van der Waals surface area contributed by atoms with Gasteiger partial charge in [-0.1, -0.05) is 35.9 Å². The van der Waals surface area contributed by atoms with Crippen LogP contribution in [0.5, 0.6) is 0 Å². The lowest BCUT2D eigenvalue weighted by Gasteiger charge is -2.02. The Bertz CT molecular complexity index is 837. The highest BCUT2D eigenvalue weighted by atomic mass is 35.5. The van der Waals surface area contributed by atoms with Crippen molar-refractivity contribution in [1.82, 2.24) is 0 Å². The number of nitrogen functional groups attached to an aromatic ring is 1. The number of furan rings is 1. The summed E-state index contributed by atoms with van der Waals surface area (Å²) in [6, 6.07) is 13.9. The van der Waals surface area contributed by atoms with Gasteiger partial charge in [-0.15, -0.1) is 0 Å². The fourth-order valence-electron chi connectivity index (χ4n) is 2.63. The van der Waals surface area contributed by atoms with Gasteiger partial charge in [0.15, 0.2) is 11.4 Å². The molecule has 0 aliphatic carbocycles. The van der Waals surface area contributed by atoms with Gasteiger partial charge in [0, 0.05) is 16.8 Å². The highest BCUT2D eigenvalue weighted by Gasteiger charge is 2.19. The van der Waals surface area contributed by atoms with Crippen molar-refractivity contribution < 1.29 is 9.21 Å². The molecule has 4 heteroatoms. The molecule has 1 heterocycles. The van der Waals surface area contributed by atoms with Gasteiger partial charge in [-0.05, 0) is 37.1 Å². The van der Waals surface area contributed by atoms with Crippen molar-refractivity contribution >= 4 is 34.0 Å². The first-order valence-electron chi connectivity index (χ1n) is 7.02. The van der Waals surface area contributed by atoms with E-state index < -0.39 is 0 Å².